The second-order valence-corrected chi connectivity index (χ2v) is 5.98. The first-order valence-corrected chi connectivity index (χ1v) is 8.28. The number of hydrogen-bond donors (Lipinski definition) is 1. The van der Waals surface area contributed by atoms with Crippen molar-refractivity contribution in [1.82, 2.24) is 5.32 Å². The van der Waals surface area contributed by atoms with Crippen molar-refractivity contribution in [2.24, 2.45) is 0 Å². The van der Waals surface area contributed by atoms with Crippen molar-refractivity contribution in [1.29, 1.82) is 0 Å². The van der Waals surface area contributed by atoms with Gasteiger partial charge in [-0.3, -0.25) is 0 Å². The number of methoxy groups -OCH3 is 1. The Balaban J connectivity index is 2.10. The average Bonchev–Trinajstić information content (AvgIpc) is 2.59. The lowest BCUT2D eigenvalue weighted by Gasteiger charge is -2.16. The third-order valence-corrected chi connectivity index (χ3v) is 4.06. The monoisotopic (exact) mass is 333 g/mol. The van der Waals surface area contributed by atoms with Crippen molar-refractivity contribution >= 4 is 11.6 Å². The summed E-state index contributed by atoms with van der Waals surface area (Å²) < 4.78 is 11.3. The molecule has 4 heteroatoms. The van der Waals surface area contributed by atoms with Crippen molar-refractivity contribution in [2.75, 3.05) is 7.11 Å². The molecule has 0 radical (unpaired) electrons. The van der Waals surface area contributed by atoms with Crippen LogP contribution in [-0.4, -0.2) is 13.2 Å². The molecule has 1 atom stereocenters. The highest BCUT2D eigenvalue weighted by Crippen LogP contribution is 2.37. The predicted octanol–water partition coefficient (Wildman–Crippen LogP) is 4.82. The molecule has 0 saturated heterocycles. The van der Waals surface area contributed by atoms with Crippen LogP contribution >= 0.6 is 11.6 Å². The van der Waals surface area contributed by atoms with Gasteiger partial charge in [-0.25, -0.2) is 0 Å². The van der Waals surface area contributed by atoms with E-state index in [1.165, 1.54) is 0 Å². The van der Waals surface area contributed by atoms with E-state index in [2.05, 4.69) is 19.2 Å². The first kappa shape index (κ1) is 17.6. The molecule has 3 nitrogen and oxygen atoms in total. The van der Waals surface area contributed by atoms with Crippen LogP contribution in [0, 0.1) is 0 Å². The summed E-state index contributed by atoms with van der Waals surface area (Å²) in [6.45, 7) is 5.54. The lowest BCUT2D eigenvalue weighted by atomic mass is 10.1. The van der Waals surface area contributed by atoms with E-state index in [1.807, 2.05) is 42.5 Å². The summed E-state index contributed by atoms with van der Waals surface area (Å²) in [5.74, 6) is 1.25. The Morgan fingerprint density at radius 1 is 1.13 bits per heavy atom. The SMILES string of the molecule is CC[C@@H](C)NCc1cc(Cl)c(OCc2ccccc2)c(OC)c1. The summed E-state index contributed by atoms with van der Waals surface area (Å²) in [5.41, 5.74) is 2.17. The van der Waals surface area contributed by atoms with Gasteiger partial charge in [0.05, 0.1) is 12.1 Å². The minimum absolute atomic E-state index is 0.460. The van der Waals surface area contributed by atoms with Gasteiger partial charge in [0.25, 0.3) is 0 Å². The zero-order valence-electron chi connectivity index (χ0n) is 13.9. The van der Waals surface area contributed by atoms with E-state index in [1.54, 1.807) is 7.11 Å². The van der Waals surface area contributed by atoms with Gasteiger partial charge in [0.15, 0.2) is 11.5 Å². The summed E-state index contributed by atoms with van der Waals surface area (Å²) >= 11 is 6.40. The normalized spacial score (nSPS) is 12.0. The lowest BCUT2D eigenvalue weighted by molar-refractivity contribution is 0.284. The molecular weight excluding hydrogens is 310 g/mol. The van der Waals surface area contributed by atoms with Crippen LogP contribution in [0.15, 0.2) is 42.5 Å². The zero-order chi connectivity index (χ0) is 16.7. The molecule has 0 heterocycles. The van der Waals surface area contributed by atoms with Crippen LogP contribution < -0.4 is 14.8 Å². The number of hydrogen-bond acceptors (Lipinski definition) is 3. The van der Waals surface area contributed by atoms with Crippen LogP contribution in [0.3, 0.4) is 0 Å². The van der Waals surface area contributed by atoms with Crippen molar-refractivity contribution in [3.8, 4) is 11.5 Å². The fraction of sp³-hybridized carbons (Fsp3) is 0.368. The Bertz CT molecular complexity index is 616. The quantitative estimate of drug-likeness (QED) is 0.751. The third-order valence-electron chi connectivity index (χ3n) is 3.78. The number of benzene rings is 2. The maximum atomic E-state index is 6.40. The van der Waals surface area contributed by atoms with Crippen molar-refractivity contribution in [2.45, 2.75) is 39.5 Å². The largest absolute Gasteiger partial charge is 0.493 e. The van der Waals surface area contributed by atoms with Gasteiger partial charge in [-0.05, 0) is 36.6 Å². The Morgan fingerprint density at radius 3 is 2.52 bits per heavy atom. The molecule has 23 heavy (non-hydrogen) atoms. The summed E-state index contributed by atoms with van der Waals surface area (Å²) in [6, 6.07) is 14.4. The molecule has 0 amide bonds. The number of ether oxygens (including phenoxy) is 2. The van der Waals surface area contributed by atoms with E-state index in [0.717, 1.165) is 24.1 Å². The summed E-state index contributed by atoms with van der Waals surface area (Å²) in [7, 11) is 1.63. The maximum absolute atomic E-state index is 6.40. The van der Waals surface area contributed by atoms with E-state index in [4.69, 9.17) is 21.1 Å². The van der Waals surface area contributed by atoms with Crippen LogP contribution in [0.5, 0.6) is 11.5 Å². The second-order valence-electron chi connectivity index (χ2n) is 5.57. The molecule has 0 fully saturated rings. The Kier molecular flexibility index (Phi) is 6.75. The van der Waals surface area contributed by atoms with Crippen molar-refractivity contribution < 1.29 is 9.47 Å². The smallest absolute Gasteiger partial charge is 0.180 e. The van der Waals surface area contributed by atoms with Crippen LogP contribution in [0.25, 0.3) is 0 Å². The molecule has 2 rings (SSSR count). The molecule has 0 aliphatic heterocycles. The molecule has 0 aromatic heterocycles. The van der Waals surface area contributed by atoms with E-state index < -0.39 is 0 Å². The highest BCUT2D eigenvalue weighted by molar-refractivity contribution is 6.32. The zero-order valence-corrected chi connectivity index (χ0v) is 14.7. The van der Waals surface area contributed by atoms with E-state index in [0.29, 0.717) is 29.2 Å². The topological polar surface area (TPSA) is 30.5 Å². The van der Waals surface area contributed by atoms with Gasteiger partial charge in [0.2, 0.25) is 0 Å². The fourth-order valence-corrected chi connectivity index (χ4v) is 2.47. The van der Waals surface area contributed by atoms with Crippen molar-refractivity contribution in [3.63, 3.8) is 0 Å². The summed E-state index contributed by atoms with van der Waals surface area (Å²) in [6.07, 6.45) is 1.09. The van der Waals surface area contributed by atoms with Crippen molar-refractivity contribution in [3.05, 3.63) is 58.6 Å². The van der Waals surface area contributed by atoms with Gasteiger partial charge in [0.1, 0.15) is 6.61 Å². The molecule has 0 aliphatic carbocycles. The maximum Gasteiger partial charge on any atom is 0.180 e. The highest BCUT2D eigenvalue weighted by atomic mass is 35.5. The van der Waals surface area contributed by atoms with Crippen LogP contribution in [0.2, 0.25) is 5.02 Å². The Labute approximate surface area is 143 Å². The van der Waals surface area contributed by atoms with E-state index >= 15 is 0 Å². The number of rotatable bonds is 8. The summed E-state index contributed by atoms with van der Waals surface area (Å²) in [4.78, 5) is 0. The van der Waals surface area contributed by atoms with Gasteiger partial charge in [0, 0.05) is 12.6 Å². The molecule has 0 saturated carbocycles. The molecule has 0 unspecified atom stereocenters. The van der Waals surface area contributed by atoms with Crippen LogP contribution in [-0.2, 0) is 13.2 Å². The molecule has 124 valence electrons. The van der Waals surface area contributed by atoms with Crippen LogP contribution in [0.4, 0.5) is 0 Å². The lowest BCUT2D eigenvalue weighted by Crippen LogP contribution is -2.24. The molecule has 0 aliphatic rings. The van der Waals surface area contributed by atoms with Gasteiger partial charge in [-0.15, -0.1) is 0 Å². The Morgan fingerprint density at radius 2 is 1.87 bits per heavy atom. The molecular formula is C19H24ClNO2. The number of halogens is 1. The van der Waals surface area contributed by atoms with Crippen LogP contribution in [0.1, 0.15) is 31.4 Å². The molecule has 0 spiro atoms. The predicted molar refractivity (Wildman–Crippen MR) is 95.4 cm³/mol. The standard InChI is InChI=1S/C19H24ClNO2/c1-4-14(2)21-12-16-10-17(20)19(18(11-16)22-3)23-13-15-8-6-5-7-9-15/h5-11,14,21H,4,12-13H2,1-3H3/t14-/m1/s1. The molecule has 2 aromatic carbocycles. The van der Waals surface area contributed by atoms with Gasteiger partial charge in [-0.1, -0.05) is 48.9 Å². The average molecular weight is 334 g/mol. The molecule has 2 aromatic rings. The minimum Gasteiger partial charge on any atom is -0.493 e. The molecule has 0 bridgehead atoms. The minimum atomic E-state index is 0.460. The first-order chi connectivity index (χ1) is 11.1. The van der Waals surface area contributed by atoms with E-state index in [9.17, 15) is 0 Å². The van der Waals surface area contributed by atoms with Gasteiger partial charge < -0.3 is 14.8 Å². The third kappa shape index (κ3) is 5.15. The summed E-state index contributed by atoms with van der Waals surface area (Å²) in [5, 5.41) is 4.02. The highest BCUT2D eigenvalue weighted by Gasteiger charge is 2.12. The van der Waals surface area contributed by atoms with Gasteiger partial charge in [-0.2, -0.15) is 0 Å². The molecule has 1 N–H and O–H groups in total. The second kappa shape index (κ2) is 8.80. The van der Waals surface area contributed by atoms with E-state index in [-0.39, 0.29) is 0 Å². The fourth-order valence-electron chi connectivity index (χ4n) is 2.18. The Hall–Kier alpha value is -1.71. The number of nitrogens with one attached hydrogen (secondary N) is 1. The van der Waals surface area contributed by atoms with Gasteiger partial charge >= 0.3 is 0 Å². The first-order valence-electron chi connectivity index (χ1n) is 7.90.